The second-order valence-electron chi connectivity index (χ2n) is 1.95. The fraction of sp³-hybridized carbons (Fsp3) is 1.00. The molecule has 0 unspecified atom stereocenters. The number of rotatable bonds is 7. The third kappa shape index (κ3) is 13.2. The van der Waals surface area contributed by atoms with E-state index >= 15 is 0 Å². The molecule has 70 valence electrons. The molecule has 0 amide bonds. The molecule has 0 aromatic carbocycles. The van der Waals surface area contributed by atoms with Crippen LogP contribution in [-0.2, 0) is 0 Å². The lowest BCUT2D eigenvalue weighted by molar-refractivity contribution is 0.286. The Hall–Kier alpha value is 0.130. The quantitative estimate of drug-likeness (QED) is 0.367. The second kappa shape index (κ2) is 12.8. The summed E-state index contributed by atoms with van der Waals surface area (Å²) < 4.78 is 0. The molecule has 0 aliphatic rings. The van der Waals surface area contributed by atoms with Gasteiger partial charge in [-0.15, -0.1) is 12.4 Å². The van der Waals surface area contributed by atoms with Gasteiger partial charge in [-0.3, -0.25) is 0 Å². The molecule has 0 radical (unpaired) electrons. The molecule has 0 saturated carbocycles. The highest BCUT2D eigenvalue weighted by atomic mass is 35.5. The van der Waals surface area contributed by atoms with Crippen molar-refractivity contribution in [1.82, 2.24) is 10.6 Å². The van der Waals surface area contributed by atoms with Gasteiger partial charge < -0.3 is 20.8 Å². The van der Waals surface area contributed by atoms with Gasteiger partial charge in [-0.25, -0.2) is 0 Å². The van der Waals surface area contributed by atoms with E-state index in [2.05, 4.69) is 10.6 Å². The van der Waals surface area contributed by atoms with E-state index in [1.54, 1.807) is 0 Å². The molecular weight excluding hydrogens is 168 g/mol. The molecular formula is C6H17ClN2O2. The van der Waals surface area contributed by atoms with Crippen LogP contribution in [0.5, 0.6) is 0 Å². The predicted molar refractivity (Wildman–Crippen MR) is 47.2 cm³/mol. The fourth-order valence-corrected chi connectivity index (χ4v) is 0.585. The summed E-state index contributed by atoms with van der Waals surface area (Å²) in [5.41, 5.74) is 0. The van der Waals surface area contributed by atoms with Crippen molar-refractivity contribution in [3.63, 3.8) is 0 Å². The highest BCUT2D eigenvalue weighted by Crippen LogP contribution is 1.59. The molecule has 0 aliphatic heterocycles. The van der Waals surface area contributed by atoms with Gasteiger partial charge in [0.25, 0.3) is 0 Å². The van der Waals surface area contributed by atoms with Crippen molar-refractivity contribution in [2.75, 3.05) is 39.4 Å². The number of nitrogens with one attached hydrogen (secondary N) is 2. The standard InChI is InChI=1S/C6H16N2O2.ClH/c9-5-3-7-1-2-8-4-6-10;/h7-10H,1-6H2;1H. The predicted octanol–water partition coefficient (Wildman–Crippen LogP) is -1.43. The van der Waals surface area contributed by atoms with E-state index in [-0.39, 0.29) is 25.6 Å². The lowest BCUT2D eigenvalue weighted by Gasteiger charge is -2.02. The summed E-state index contributed by atoms with van der Waals surface area (Å²) in [4.78, 5) is 0. The molecule has 0 aliphatic carbocycles. The Morgan fingerprint density at radius 1 is 0.727 bits per heavy atom. The number of hydrogen-bond acceptors (Lipinski definition) is 4. The summed E-state index contributed by atoms with van der Waals surface area (Å²) in [6, 6.07) is 0. The van der Waals surface area contributed by atoms with Gasteiger partial charge in [0.05, 0.1) is 13.2 Å². The van der Waals surface area contributed by atoms with Gasteiger partial charge in [0.1, 0.15) is 0 Å². The van der Waals surface area contributed by atoms with Crippen LogP contribution in [0.2, 0.25) is 0 Å². The van der Waals surface area contributed by atoms with Crippen LogP contribution in [0.1, 0.15) is 0 Å². The molecule has 0 saturated heterocycles. The lowest BCUT2D eigenvalue weighted by atomic mass is 10.5. The Labute approximate surface area is 73.4 Å². The van der Waals surface area contributed by atoms with E-state index in [4.69, 9.17) is 10.2 Å². The van der Waals surface area contributed by atoms with Gasteiger partial charge in [-0.2, -0.15) is 0 Å². The van der Waals surface area contributed by atoms with Crippen LogP contribution in [0.15, 0.2) is 0 Å². The van der Waals surface area contributed by atoms with E-state index in [1.807, 2.05) is 0 Å². The number of hydrogen-bond donors (Lipinski definition) is 4. The van der Waals surface area contributed by atoms with E-state index in [0.29, 0.717) is 13.1 Å². The summed E-state index contributed by atoms with van der Waals surface area (Å²) in [6.45, 7) is 3.31. The normalized spacial score (nSPS) is 9.27. The molecule has 0 aromatic rings. The zero-order valence-corrected chi connectivity index (χ0v) is 7.36. The van der Waals surface area contributed by atoms with Crippen molar-refractivity contribution >= 4 is 12.4 Å². The van der Waals surface area contributed by atoms with Crippen molar-refractivity contribution < 1.29 is 10.2 Å². The molecule has 0 spiro atoms. The Balaban J connectivity index is 0. The first-order valence-electron chi connectivity index (χ1n) is 3.55. The van der Waals surface area contributed by atoms with Crippen LogP contribution in [0, 0.1) is 0 Å². The first-order chi connectivity index (χ1) is 4.91. The topological polar surface area (TPSA) is 64.5 Å². The molecule has 0 aromatic heterocycles. The highest BCUT2D eigenvalue weighted by molar-refractivity contribution is 5.85. The van der Waals surface area contributed by atoms with Crippen LogP contribution < -0.4 is 10.6 Å². The van der Waals surface area contributed by atoms with Crippen molar-refractivity contribution in [3.8, 4) is 0 Å². The van der Waals surface area contributed by atoms with Crippen LogP contribution >= 0.6 is 12.4 Å². The summed E-state index contributed by atoms with van der Waals surface area (Å²) in [6.07, 6.45) is 0. The van der Waals surface area contributed by atoms with Crippen LogP contribution in [0.4, 0.5) is 0 Å². The Morgan fingerprint density at radius 3 is 1.36 bits per heavy atom. The fourth-order valence-electron chi connectivity index (χ4n) is 0.585. The first kappa shape index (κ1) is 13.7. The third-order valence-electron chi connectivity index (χ3n) is 1.06. The van der Waals surface area contributed by atoms with Gasteiger partial charge in [0, 0.05) is 26.2 Å². The largest absolute Gasteiger partial charge is 0.395 e. The molecule has 0 atom stereocenters. The molecule has 0 rings (SSSR count). The Kier molecular flexibility index (Phi) is 15.9. The molecule has 4 N–H and O–H groups in total. The molecule has 0 bridgehead atoms. The van der Waals surface area contributed by atoms with Gasteiger partial charge >= 0.3 is 0 Å². The van der Waals surface area contributed by atoms with Crippen molar-refractivity contribution in [2.24, 2.45) is 0 Å². The molecule has 11 heavy (non-hydrogen) atoms. The van der Waals surface area contributed by atoms with Crippen LogP contribution in [0.3, 0.4) is 0 Å². The number of halogens is 1. The van der Waals surface area contributed by atoms with E-state index < -0.39 is 0 Å². The van der Waals surface area contributed by atoms with Gasteiger partial charge in [0.2, 0.25) is 0 Å². The van der Waals surface area contributed by atoms with E-state index in [9.17, 15) is 0 Å². The highest BCUT2D eigenvalue weighted by Gasteiger charge is 1.84. The second-order valence-corrected chi connectivity index (χ2v) is 1.95. The molecule has 0 fully saturated rings. The number of aliphatic hydroxyl groups excluding tert-OH is 2. The maximum absolute atomic E-state index is 8.35. The number of aliphatic hydroxyl groups is 2. The van der Waals surface area contributed by atoms with Gasteiger partial charge in [0.15, 0.2) is 0 Å². The van der Waals surface area contributed by atoms with Gasteiger partial charge in [-0.1, -0.05) is 0 Å². The smallest absolute Gasteiger partial charge is 0.0555 e. The first-order valence-corrected chi connectivity index (χ1v) is 3.55. The summed E-state index contributed by atoms with van der Waals surface area (Å²) in [5.74, 6) is 0. The minimum absolute atomic E-state index is 0. The Bertz CT molecular complexity index is 58.5. The zero-order chi connectivity index (χ0) is 7.66. The maximum atomic E-state index is 8.35. The van der Waals surface area contributed by atoms with Crippen LogP contribution in [-0.4, -0.2) is 49.6 Å². The molecule has 5 heteroatoms. The summed E-state index contributed by atoms with van der Waals surface area (Å²) >= 11 is 0. The van der Waals surface area contributed by atoms with Crippen LogP contribution in [0.25, 0.3) is 0 Å². The monoisotopic (exact) mass is 184 g/mol. The lowest BCUT2D eigenvalue weighted by Crippen LogP contribution is -2.30. The minimum atomic E-state index is 0. The molecule has 0 heterocycles. The average molecular weight is 185 g/mol. The average Bonchev–Trinajstić information content (AvgIpc) is 1.97. The summed E-state index contributed by atoms with van der Waals surface area (Å²) in [5, 5.41) is 22.7. The summed E-state index contributed by atoms with van der Waals surface area (Å²) in [7, 11) is 0. The third-order valence-corrected chi connectivity index (χ3v) is 1.06. The SMILES string of the molecule is Cl.OCCNCCNCCO. The zero-order valence-electron chi connectivity index (χ0n) is 6.55. The Morgan fingerprint density at radius 2 is 1.09 bits per heavy atom. The minimum Gasteiger partial charge on any atom is -0.395 e. The van der Waals surface area contributed by atoms with Crippen molar-refractivity contribution in [3.05, 3.63) is 0 Å². The van der Waals surface area contributed by atoms with Gasteiger partial charge in [-0.05, 0) is 0 Å². The van der Waals surface area contributed by atoms with Crippen molar-refractivity contribution in [2.45, 2.75) is 0 Å². The van der Waals surface area contributed by atoms with Crippen molar-refractivity contribution in [1.29, 1.82) is 0 Å². The molecule has 4 nitrogen and oxygen atoms in total. The van der Waals surface area contributed by atoms with E-state index in [0.717, 1.165) is 13.1 Å². The maximum Gasteiger partial charge on any atom is 0.0555 e. The van der Waals surface area contributed by atoms with E-state index in [1.165, 1.54) is 0 Å².